The van der Waals surface area contributed by atoms with Crippen LogP contribution in [0.15, 0.2) is 24.9 Å². The lowest BCUT2D eigenvalue weighted by molar-refractivity contribution is -0.128. The molecule has 7 rings (SSSR count). The quantitative estimate of drug-likeness (QED) is 0.481. The average molecular weight is 584 g/mol. The highest BCUT2D eigenvalue weighted by molar-refractivity contribution is 5.87. The third-order valence-electron chi connectivity index (χ3n) is 9.94. The van der Waals surface area contributed by atoms with Crippen LogP contribution < -0.4 is 9.80 Å². The zero-order valence-electron chi connectivity index (χ0n) is 24.3. The van der Waals surface area contributed by atoms with Crippen molar-refractivity contribution in [3.05, 3.63) is 47.4 Å². The molecule has 2 aromatic rings. The van der Waals surface area contributed by atoms with Crippen LogP contribution in [0.3, 0.4) is 0 Å². The van der Waals surface area contributed by atoms with Gasteiger partial charge in [0.15, 0.2) is 0 Å². The van der Waals surface area contributed by atoms with Crippen LogP contribution in [0.1, 0.15) is 47.8 Å². The predicted molar refractivity (Wildman–Crippen MR) is 153 cm³/mol. The number of alkyl halides is 2. The van der Waals surface area contributed by atoms with Crippen LogP contribution in [-0.2, 0) is 26.3 Å². The summed E-state index contributed by atoms with van der Waals surface area (Å²) in [6, 6.07) is 2.67. The number of anilines is 2. The monoisotopic (exact) mass is 583 g/mol. The number of rotatable bonds is 6. The molecule has 1 spiro atoms. The lowest BCUT2D eigenvalue weighted by Crippen LogP contribution is -2.69. The number of pyridine rings is 1. The molecule has 2 aromatic heterocycles. The number of ether oxygens (including phenoxy) is 2. The number of hydrogen-bond donors (Lipinski definition) is 0. The topological polar surface area (TPSA) is 79.2 Å². The molecule has 5 aliphatic heterocycles. The van der Waals surface area contributed by atoms with Crippen LogP contribution in [0.4, 0.5) is 20.3 Å². The molecular formula is C30H39F2N7O3. The normalized spacial score (nSPS) is 26.7. The smallest absolute Gasteiger partial charge is 0.280 e. The number of carbonyl (C=O) groups excluding carboxylic acids is 1. The molecule has 226 valence electrons. The second kappa shape index (κ2) is 10.6. The van der Waals surface area contributed by atoms with Crippen molar-refractivity contribution in [1.29, 1.82) is 0 Å². The van der Waals surface area contributed by atoms with E-state index >= 15 is 0 Å². The van der Waals surface area contributed by atoms with Gasteiger partial charge in [0.2, 0.25) is 5.91 Å². The van der Waals surface area contributed by atoms with Crippen molar-refractivity contribution in [2.24, 2.45) is 0 Å². The summed E-state index contributed by atoms with van der Waals surface area (Å²) in [5, 5.41) is 4.61. The molecule has 0 saturated carbocycles. The summed E-state index contributed by atoms with van der Waals surface area (Å²) in [6.45, 7) is 11.5. The number of aryl methyl sites for hydroxylation is 1. The number of carbonyl (C=O) groups is 1. The fourth-order valence-corrected chi connectivity index (χ4v) is 7.79. The highest BCUT2D eigenvalue weighted by atomic mass is 19.3. The van der Waals surface area contributed by atoms with Crippen molar-refractivity contribution in [3.63, 3.8) is 0 Å². The lowest BCUT2D eigenvalue weighted by Gasteiger charge is -2.55. The second-order valence-electron chi connectivity index (χ2n) is 12.3. The fourth-order valence-electron chi connectivity index (χ4n) is 7.79. The number of aromatic nitrogens is 3. The lowest BCUT2D eigenvalue weighted by atomic mass is 9.86. The van der Waals surface area contributed by atoms with Gasteiger partial charge in [0.05, 0.1) is 44.2 Å². The van der Waals surface area contributed by atoms with Crippen LogP contribution in [0, 0.1) is 6.92 Å². The summed E-state index contributed by atoms with van der Waals surface area (Å²) in [5.41, 5.74) is 3.07. The molecule has 1 amide bonds. The molecule has 42 heavy (non-hydrogen) atoms. The van der Waals surface area contributed by atoms with Gasteiger partial charge in [0.1, 0.15) is 17.1 Å². The summed E-state index contributed by atoms with van der Waals surface area (Å²) in [4.78, 5) is 25.3. The van der Waals surface area contributed by atoms with E-state index in [2.05, 4.69) is 31.4 Å². The van der Waals surface area contributed by atoms with Crippen molar-refractivity contribution in [2.75, 3.05) is 75.9 Å². The maximum atomic E-state index is 14.5. The zero-order chi connectivity index (χ0) is 29.2. The summed E-state index contributed by atoms with van der Waals surface area (Å²) in [7, 11) is 1.67. The van der Waals surface area contributed by atoms with Gasteiger partial charge in [-0.3, -0.25) is 14.4 Å². The van der Waals surface area contributed by atoms with Crippen LogP contribution in [0.2, 0.25) is 0 Å². The Labute approximate surface area is 244 Å². The van der Waals surface area contributed by atoms with E-state index in [4.69, 9.17) is 9.47 Å². The number of nitrogens with zero attached hydrogens (tertiary/aromatic N) is 7. The minimum absolute atomic E-state index is 0.0104. The Bertz CT molecular complexity index is 1370. The van der Waals surface area contributed by atoms with Gasteiger partial charge in [-0.05, 0) is 37.8 Å². The van der Waals surface area contributed by atoms with Crippen LogP contribution >= 0.6 is 0 Å². The summed E-state index contributed by atoms with van der Waals surface area (Å²) >= 11 is 0. The molecule has 12 heteroatoms. The van der Waals surface area contributed by atoms with Crippen molar-refractivity contribution < 1.29 is 23.0 Å². The molecule has 0 radical (unpaired) electrons. The van der Waals surface area contributed by atoms with Gasteiger partial charge >= 0.3 is 0 Å². The molecule has 3 atom stereocenters. The molecule has 3 unspecified atom stereocenters. The number of amides is 1. The molecule has 10 nitrogen and oxygen atoms in total. The average Bonchev–Trinajstić information content (AvgIpc) is 3.30. The van der Waals surface area contributed by atoms with E-state index in [0.29, 0.717) is 63.2 Å². The van der Waals surface area contributed by atoms with E-state index < -0.39 is 12.0 Å². The highest BCUT2D eigenvalue weighted by Crippen LogP contribution is 2.47. The Balaban J connectivity index is 1.12. The van der Waals surface area contributed by atoms with Crippen molar-refractivity contribution in [2.45, 2.75) is 56.3 Å². The van der Waals surface area contributed by atoms with Crippen molar-refractivity contribution >= 4 is 17.4 Å². The number of fused-ring (bicyclic) bond motifs is 5. The first-order valence-electron chi connectivity index (χ1n) is 15.0. The van der Waals surface area contributed by atoms with Crippen LogP contribution in [0.5, 0.6) is 0 Å². The van der Waals surface area contributed by atoms with Crippen molar-refractivity contribution in [1.82, 2.24) is 24.6 Å². The molecule has 3 saturated heterocycles. The first-order chi connectivity index (χ1) is 20.3. The minimum atomic E-state index is -2.64. The molecule has 0 bridgehead atoms. The van der Waals surface area contributed by atoms with E-state index in [-0.39, 0.29) is 23.7 Å². The van der Waals surface area contributed by atoms with Gasteiger partial charge in [-0.1, -0.05) is 6.58 Å². The Morgan fingerprint density at radius 3 is 2.76 bits per heavy atom. The zero-order valence-corrected chi connectivity index (χ0v) is 24.3. The summed E-state index contributed by atoms with van der Waals surface area (Å²) < 4.78 is 42.8. The Morgan fingerprint density at radius 1 is 1.26 bits per heavy atom. The fraction of sp³-hybridized carbons (Fsp3) is 0.633. The van der Waals surface area contributed by atoms with Gasteiger partial charge in [-0.2, -0.15) is 5.10 Å². The maximum absolute atomic E-state index is 14.5. The molecular weight excluding hydrogens is 544 g/mol. The van der Waals surface area contributed by atoms with E-state index in [1.807, 2.05) is 28.8 Å². The van der Waals surface area contributed by atoms with Gasteiger partial charge in [-0.25, -0.2) is 13.8 Å². The van der Waals surface area contributed by atoms with E-state index in [1.54, 1.807) is 7.11 Å². The number of halogens is 2. The maximum Gasteiger partial charge on any atom is 0.280 e. The van der Waals surface area contributed by atoms with Gasteiger partial charge < -0.3 is 24.2 Å². The predicted octanol–water partition coefficient (Wildman–Crippen LogP) is 2.68. The third kappa shape index (κ3) is 4.32. The molecule has 0 aromatic carbocycles. The number of piperazine rings is 1. The first-order valence-corrected chi connectivity index (χ1v) is 15.0. The second-order valence-corrected chi connectivity index (χ2v) is 12.3. The van der Waals surface area contributed by atoms with Crippen LogP contribution in [0.25, 0.3) is 0 Å². The Kier molecular flexibility index (Phi) is 6.98. The number of methoxy groups -OCH3 is 1. The summed E-state index contributed by atoms with van der Waals surface area (Å²) in [5.74, 6) is 0.565. The van der Waals surface area contributed by atoms with Crippen molar-refractivity contribution in [3.8, 4) is 0 Å². The first kappa shape index (κ1) is 27.7. The molecule has 7 heterocycles. The molecule has 3 fully saturated rings. The van der Waals surface area contributed by atoms with Gasteiger partial charge in [0.25, 0.3) is 6.43 Å². The Morgan fingerprint density at radius 2 is 2.05 bits per heavy atom. The third-order valence-corrected chi connectivity index (χ3v) is 9.94. The van der Waals surface area contributed by atoms with E-state index in [9.17, 15) is 13.6 Å². The van der Waals surface area contributed by atoms with E-state index in [1.165, 1.54) is 6.08 Å². The van der Waals surface area contributed by atoms with E-state index in [0.717, 1.165) is 49.4 Å². The SMILES string of the molecule is C=CC(=O)N1CCN(C2CN3c4cc(N5CC6(C5)OCC(COC)n5ncc(C)c56)nc(C(F)F)c4CCCC23)CC1. The van der Waals surface area contributed by atoms with Gasteiger partial charge in [0, 0.05) is 69.2 Å². The highest BCUT2D eigenvalue weighted by Gasteiger charge is 2.53. The molecule has 0 aliphatic carbocycles. The Hall–Kier alpha value is -3.09. The molecule has 5 aliphatic rings. The largest absolute Gasteiger partial charge is 0.382 e. The standard InChI is InChI=1S/C30H39F2N7O3/c1-4-26(40)36-10-8-35(9-11-36)24-14-38-22(24)7-5-6-21-23(38)12-25(34-27(21)29(31)32)37-17-30(18-37)28-19(2)13-33-39(28)20(15-41-3)16-42-30/h4,12-13,20,22,24,29H,1,5-11,14-18H2,2-3H3. The molecule has 0 N–H and O–H groups in total. The summed E-state index contributed by atoms with van der Waals surface area (Å²) in [6.07, 6.45) is 3.02. The minimum Gasteiger partial charge on any atom is -0.382 e. The van der Waals surface area contributed by atoms with Crippen LogP contribution in [-0.4, -0.2) is 109 Å². The number of hydrogen-bond acceptors (Lipinski definition) is 8. The van der Waals surface area contributed by atoms with Gasteiger partial charge in [-0.15, -0.1) is 0 Å².